The maximum Gasteiger partial charge on any atom is 0.186 e. The van der Waals surface area contributed by atoms with Gasteiger partial charge in [0.1, 0.15) is 0 Å². The zero-order chi connectivity index (χ0) is 17.7. The summed E-state index contributed by atoms with van der Waals surface area (Å²) in [6.07, 6.45) is 23.9. The largest absolute Gasteiger partial charge is 0.391 e. The van der Waals surface area contributed by atoms with Crippen molar-refractivity contribution in [3.05, 3.63) is 36.5 Å². The van der Waals surface area contributed by atoms with E-state index in [0.29, 0.717) is 6.42 Å². The van der Waals surface area contributed by atoms with Gasteiger partial charge in [0, 0.05) is 6.42 Å². The van der Waals surface area contributed by atoms with Crippen molar-refractivity contribution in [3.63, 3.8) is 0 Å². The lowest BCUT2D eigenvalue weighted by Crippen LogP contribution is -2.32. The first kappa shape index (κ1) is 21.1. The van der Waals surface area contributed by atoms with Crippen LogP contribution in [0.2, 0.25) is 0 Å². The smallest absolute Gasteiger partial charge is 0.186 e. The average Bonchev–Trinajstić information content (AvgIpc) is 3.01. The van der Waals surface area contributed by atoms with Crippen molar-refractivity contribution in [2.24, 2.45) is 11.8 Å². The lowest BCUT2D eigenvalue weighted by atomic mass is 9.92. The monoisotopic (exact) mass is 336 g/mol. The van der Waals surface area contributed by atoms with E-state index in [-0.39, 0.29) is 6.42 Å². The standard InChI is InChI=1S/C21H36O3/c1-2-3-4-5-6-9-13-19-15-12-16-20(19)14-10-7-8-11-17-21(23,24)18-22/h3-4,7,9-10,13,19-20,22-24H,2,5-6,8,11-12,14-18H2,1H3/t19-,20-/m0/s1. The summed E-state index contributed by atoms with van der Waals surface area (Å²) in [4.78, 5) is 0. The van der Waals surface area contributed by atoms with Crippen LogP contribution in [-0.2, 0) is 0 Å². The summed E-state index contributed by atoms with van der Waals surface area (Å²) < 4.78 is 0. The summed E-state index contributed by atoms with van der Waals surface area (Å²) in [5.74, 6) is -0.431. The van der Waals surface area contributed by atoms with Crippen LogP contribution in [0.4, 0.5) is 0 Å². The van der Waals surface area contributed by atoms with Gasteiger partial charge in [-0.2, -0.15) is 0 Å². The van der Waals surface area contributed by atoms with Gasteiger partial charge in [-0.25, -0.2) is 0 Å². The molecule has 24 heavy (non-hydrogen) atoms. The second-order valence-electron chi connectivity index (χ2n) is 6.98. The van der Waals surface area contributed by atoms with E-state index in [1.807, 2.05) is 0 Å². The normalized spacial score (nSPS) is 22.5. The molecule has 0 heterocycles. The van der Waals surface area contributed by atoms with Gasteiger partial charge in [-0.05, 0) is 63.2 Å². The number of hydrogen-bond donors (Lipinski definition) is 3. The van der Waals surface area contributed by atoms with Gasteiger partial charge in [0.15, 0.2) is 5.79 Å². The molecule has 3 N–H and O–H groups in total. The molecule has 0 aromatic rings. The van der Waals surface area contributed by atoms with E-state index in [0.717, 1.165) is 43.9 Å². The van der Waals surface area contributed by atoms with Gasteiger partial charge in [-0.1, -0.05) is 49.8 Å². The fraction of sp³-hybridized carbons (Fsp3) is 0.714. The van der Waals surface area contributed by atoms with Crippen LogP contribution in [0.1, 0.15) is 71.1 Å². The average molecular weight is 337 g/mol. The highest BCUT2D eigenvalue weighted by atomic mass is 16.5. The van der Waals surface area contributed by atoms with Crippen LogP contribution in [0.3, 0.4) is 0 Å². The van der Waals surface area contributed by atoms with Crippen LogP contribution in [-0.4, -0.2) is 27.7 Å². The maximum atomic E-state index is 9.31. The molecular weight excluding hydrogens is 300 g/mol. The number of hydrogen-bond acceptors (Lipinski definition) is 3. The minimum Gasteiger partial charge on any atom is -0.391 e. The van der Waals surface area contributed by atoms with Gasteiger partial charge < -0.3 is 15.3 Å². The third-order valence-electron chi connectivity index (χ3n) is 4.81. The van der Waals surface area contributed by atoms with Gasteiger partial charge in [0.25, 0.3) is 0 Å². The molecule has 0 unspecified atom stereocenters. The predicted molar refractivity (Wildman–Crippen MR) is 100 cm³/mol. The number of allylic oxidation sites excluding steroid dienone is 6. The van der Waals surface area contributed by atoms with Crippen molar-refractivity contribution in [3.8, 4) is 0 Å². The second-order valence-corrected chi connectivity index (χ2v) is 6.98. The highest BCUT2D eigenvalue weighted by molar-refractivity contribution is 4.98. The lowest BCUT2D eigenvalue weighted by molar-refractivity contribution is -0.191. The van der Waals surface area contributed by atoms with Crippen molar-refractivity contribution in [2.75, 3.05) is 6.61 Å². The number of aliphatic hydroxyl groups excluding tert-OH is 1. The summed E-state index contributed by atoms with van der Waals surface area (Å²) in [6, 6.07) is 0. The highest BCUT2D eigenvalue weighted by Crippen LogP contribution is 2.35. The highest BCUT2D eigenvalue weighted by Gasteiger charge is 2.23. The predicted octanol–water partition coefficient (Wildman–Crippen LogP) is 4.50. The summed E-state index contributed by atoms with van der Waals surface area (Å²) in [7, 11) is 0. The maximum absolute atomic E-state index is 9.31. The summed E-state index contributed by atoms with van der Waals surface area (Å²) in [6.45, 7) is 1.57. The first-order valence-corrected chi connectivity index (χ1v) is 9.61. The molecule has 1 aliphatic carbocycles. The van der Waals surface area contributed by atoms with Crippen LogP contribution < -0.4 is 0 Å². The van der Waals surface area contributed by atoms with Gasteiger partial charge in [-0.15, -0.1) is 0 Å². The third kappa shape index (κ3) is 9.41. The van der Waals surface area contributed by atoms with Crippen LogP contribution in [0.15, 0.2) is 36.5 Å². The van der Waals surface area contributed by atoms with E-state index in [4.69, 9.17) is 5.11 Å². The Kier molecular flexibility index (Phi) is 11.0. The molecule has 3 nitrogen and oxygen atoms in total. The van der Waals surface area contributed by atoms with E-state index in [1.54, 1.807) is 0 Å². The SMILES string of the molecule is CCC=CCCC=C[C@H]1CCC[C@@H]1CC=CCCCC(O)(O)CO. The fourth-order valence-electron chi connectivity index (χ4n) is 3.33. The molecule has 0 amide bonds. The van der Waals surface area contributed by atoms with Crippen molar-refractivity contribution >= 4 is 0 Å². The Morgan fingerprint density at radius 3 is 2.46 bits per heavy atom. The van der Waals surface area contributed by atoms with Gasteiger partial charge >= 0.3 is 0 Å². The van der Waals surface area contributed by atoms with Crippen molar-refractivity contribution in [2.45, 2.75) is 76.9 Å². The first-order chi connectivity index (χ1) is 11.6. The van der Waals surface area contributed by atoms with Crippen molar-refractivity contribution in [1.29, 1.82) is 0 Å². The molecule has 1 fully saturated rings. The molecule has 1 aliphatic rings. The Labute approximate surface area is 147 Å². The molecule has 3 heteroatoms. The number of aliphatic hydroxyl groups is 3. The minimum absolute atomic E-state index is 0.217. The molecule has 1 saturated carbocycles. The molecular formula is C21H36O3. The number of unbranched alkanes of at least 4 members (excludes halogenated alkanes) is 2. The van der Waals surface area contributed by atoms with E-state index in [9.17, 15) is 10.2 Å². The van der Waals surface area contributed by atoms with Gasteiger partial charge in [0.2, 0.25) is 0 Å². The Balaban J connectivity index is 2.20. The molecule has 0 saturated heterocycles. The molecule has 0 aliphatic heterocycles. The quantitative estimate of drug-likeness (QED) is 0.279. The molecule has 0 aromatic heterocycles. The van der Waals surface area contributed by atoms with Gasteiger partial charge in [0.05, 0.1) is 6.61 Å². The summed E-state index contributed by atoms with van der Waals surface area (Å²) >= 11 is 0. The van der Waals surface area contributed by atoms with E-state index >= 15 is 0 Å². The summed E-state index contributed by atoms with van der Waals surface area (Å²) in [5, 5.41) is 27.4. The van der Waals surface area contributed by atoms with Crippen LogP contribution in [0.25, 0.3) is 0 Å². The van der Waals surface area contributed by atoms with E-state index in [1.165, 1.54) is 19.3 Å². The lowest BCUT2D eigenvalue weighted by Gasteiger charge is -2.17. The van der Waals surface area contributed by atoms with Crippen molar-refractivity contribution < 1.29 is 15.3 Å². The number of rotatable bonds is 12. The van der Waals surface area contributed by atoms with E-state index in [2.05, 4.69) is 43.4 Å². The Morgan fingerprint density at radius 1 is 0.958 bits per heavy atom. The third-order valence-corrected chi connectivity index (χ3v) is 4.81. The molecule has 138 valence electrons. The molecule has 0 spiro atoms. The zero-order valence-electron chi connectivity index (χ0n) is 15.2. The Hall–Kier alpha value is -0.900. The Bertz CT molecular complexity index is 396. The topological polar surface area (TPSA) is 60.7 Å². The minimum atomic E-state index is -1.92. The molecule has 0 bridgehead atoms. The summed E-state index contributed by atoms with van der Waals surface area (Å²) in [5.41, 5.74) is 0. The molecule has 1 rings (SSSR count). The van der Waals surface area contributed by atoms with Crippen LogP contribution in [0.5, 0.6) is 0 Å². The first-order valence-electron chi connectivity index (χ1n) is 9.61. The molecule has 0 aromatic carbocycles. The fourth-order valence-corrected chi connectivity index (χ4v) is 3.33. The zero-order valence-corrected chi connectivity index (χ0v) is 15.2. The van der Waals surface area contributed by atoms with Crippen LogP contribution in [0, 0.1) is 11.8 Å². The van der Waals surface area contributed by atoms with Gasteiger partial charge in [-0.3, -0.25) is 0 Å². The van der Waals surface area contributed by atoms with E-state index < -0.39 is 12.4 Å². The molecule has 0 radical (unpaired) electrons. The molecule has 2 atom stereocenters. The van der Waals surface area contributed by atoms with Crippen LogP contribution >= 0.6 is 0 Å². The second kappa shape index (κ2) is 12.5. The Morgan fingerprint density at radius 2 is 1.71 bits per heavy atom. The van der Waals surface area contributed by atoms with Crippen molar-refractivity contribution in [1.82, 2.24) is 0 Å².